The second-order valence-corrected chi connectivity index (χ2v) is 15.4. The highest BCUT2D eigenvalue weighted by Crippen LogP contribution is 2.34. The van der Waals surface area contributed by atoms with Crippen LogP contribution in [0.3, 0.4) is 0 Å². The molecule has 2 heterocycles. The minimum atomic E-state index is -0.881. The topological polar surface area (TPSA) is 101 Å². The van der Waals surface area contributed by atoms with Gasteiger partial charge in [0.1, 0.15) is 35.5 Å². The molecule has 208 valence electrons. The molecule has 0 aliphatic carbocycles. The molecule has 9 nitrogen and oxygen atoms in total. The zero-order valence-corrected chi connectivity index (χ0v) is 24.1. The Labute approximate surface area is 226 Å². The standard InChI is InChI=1S/C28H39N3O6S/c1-28(2,3)37-27(33)30-23(26(32)34-4)18-20-8-10-21(11-9-20)36-24-12-14-29-25-22(24)13-15-31(25)19-35-16-17-38(5,6)7/h8-15,23H,16-19H2,1-7H3,(H,30,33)/t23-/m1/s1. The summed E-state index contributed by atoms with van der Waals surface area (Å²) in [6.07, 6.45) is 10.0. The summed E-state index contributed by atoms with van der Waals surface area (Å²) >= 11 is 0. The fraction of sp³-hybridized carbons (Fsp3) is 0.464. The highest BCUT2D eigenvalue weighted by Gasteiger charge is 2.25. The number of rotatable bonds is 11. The molecular formula is C28H39N3O6S. The molecule has 10 heteroatoms. The Hall–Kier alpha value is -3.24. The van der Waals surface area contributed by atoms with E-state index in [-0.39, 0.29) is 6.42 Å². The summed E-state index contributed by atoms with van der Waals surface area (Å²) < 4.78 is 24.1. The van der Waals surface area contributed by atoms with Crippen molar-refractivity contribution >= 4 is 33.1 Å². The molecule has 38 heavy (non-hydrogen) atoms. The molecule has 0 fully saturated rings. The maximum Gasteiger partial charge on any atom is 0.408 e. The van der Waals surface area contributed by atoms with E-state index in [9.17, 15) is 9.59 Å². The van der Waals surface area contributed by atoms with Gasteiger partial charge in [-0.15, -0.1) is 0 Å². The summed E-state index contributed by atoms with van der Waals surface area (Å²) in [4.78, 5) is 28.9. The summed E-state index contributed by atoms with van der Waals surface area (Å²) in [7, 11) is 0.689. The van der Waals surface area contributed by atoms with Gasteiger partial charge in [0.2, 0.25) is 0 Å². The molecule has 0 spiro atoms. The quantitative estimate of drug-likeness (QED) is 0.264. The van der Waals surface area contributed by atoms with Gasteiger partial charge in [-0.3, -0.25) is 0 Å². The van der Waals surface area contributed by atoms with Gasteiger partial charge in [0.25, 0.3) is 0 Å². The van der Waals surface area contributed by atoms with E-state index in [1.165, 1.54) is 7.11 Å². The van der Waals surface area contributed by atoms with Crippen LogP contribution in [0.1, 0.15) is 26.3 Å². The van der Waals surface area contributed by atoms with Crippen molar-refractivity contribution in [1.82, 2.24) is 14.9 Å². The smallest absolute Gasteiger partial charge is 0.408 e. The first-order chi connectivity index (χ1) is 17.8. The van der Waals surface area contributed by atoms with Crippen LogP contribution in [-0.4, -0.2) is 71.5 Å². The first kappa shape index (κ1) is 29.3. The Bertz CT molecular complexity index is 1230. The number of fused-ring (bicyclic) bond motifs is 1. The predicted molar refractivity (Wildman–Crippen MR) is 151 cm³/mol. The molecular weight excluding hydrogens is 506 g/mol. The summed E-state index contributed by atoms with van der Waals surface area (Å²) in [5.41, 5.74) is 0.934. The van der Waals surface area contributed by atoms with Gasteiger partial charge in [-0.25, -0.2) is 24.6 Å². The molecule has 1 amide bonds. The van der Waals surface area contributed by atoms with Gasteiger partial charge in [-0.05, 0) is 69.4 Å². The second-order valence-electron chi connectivity index (χ2n) is 10.8. The Balaban J connectivity index is 1.65. The number of amides is 1. The van der Waals surface area contributed by atoms with Crippen molar-refractivity contribution in [2.45, 2.75) is 45.6 Å². The lowest BCUT2D eigenvalue weighted by Gasteiger charge is -2.24. The van der Waals surface area contributed by atoms with Crippen LogP contribution >= 0.6 is 10.0 Å². The van der Waals surface area contributed by atoms with Crippen LogP contribution in [0.5, 0.6) is 11.5 Å². The number of carbonyl (C=O) groups is 2. The fourth-order valence-corrected chi connectivity index (χ4v) is 4.19. The first-order valence-corrected chi connectivity index (χ1v) is 15.4. The molecule has 0 aliphatic heterocycles. The lowest BCUT2D eigenvalue weighted by molar-refractivity contribution is -0.143. The number of benzene rings is 1. The molecule has 0 saturated heterocycles. The van der Waals surface area contributed by atoms with Crippen LogP contribution in [0, 0.1) is 0 Å². The highest BCUT2D eigenvalue weighted by molar-refractivity contribution is 8.32. The van der Waals surface area contributed by atoms with Crippen molar-refractivity contribution in [3.8, 4) is 11.5 Å². The summed E-state index contributed by atoms with van der Waals surface area (Å²) in [6, 6.07) is 10.2. The average Bonchev–Trinajstić information content (AvgIpc) is 3.24. The van der Waals surface area contributed by atoms with Gasteiger partial charge in [-0.1, -0.05) is 12.1 Å². The molecule has 3 aromatic rings. The van der Waals surface area contributed by atoms with E-state index in [1.54, 1.807) is 27.0 Å². The van der Waals surface area contributed by atoms with Gasteiger partial charge in [0.05, 0.1) is 19.1 Å². The molecule has 1 aromatic carbocycles. The van der Waals surface area contributed by atoms with E-state index >= 15 is 0 Å². The molecule has 0 unspecified atom stereocenters. The number of alkyl carbamates (subject to hydrolysis) is 1. The number of esters is 1. The van der Waals surface area contributed by atoms with Crippen molar-refractivity contribution in [2.75, 3.05) is 38.2 Å². The number of ether oxygens (including phenoxy) is 4. The number of aromatic nitrogens is 2. The van der Waals surface area contributed by atoms with Crippen molar-refractivity contribution in [3.05, 3.63) is 54.4 Å². The Morgan fingerprint density at radius 2 is 1.79 bits per heavy atom. The van der Waals surface area contributed by atoms with Crippen LogP contribution in [0.25, 0.3) is 11.0 Å². The predicted octanol–water partition coefficient (Wildman–Crippen LogP) is 5.11. The third-order valence-electron chi connectivity index (χ3n) is 5.46. The Kier molecular flexibility index (Phi) is 9.67. The Morgan fingerprint density at radius 3 is 2.42 bits per heavy atom. The molecule has 2 aromatic heterocycles. The van der Waals surface area contributed by atoms with Crippen LogP contribution < -0.4 is 10.1 Å². The van der Waals surface area contributed by atoms with E-state index < -0.39 is 33.7 Å². The van der Waals surface area contributed by atoms with E-state index in [0.717, 1.165) is 22.3 Å². The number of nitrogens with zero attached hydrogens (tertiary/aromatic N) is 2. The zero-order valence-electron chi connectivity index (χ0n) is 23.3. The van der Waals surface area contributed by atoms with Crippen molar-refractivity contribution < 1.29 is 28.5 Å². The molecule has 1 N–H and O–H groups in total. The van der Waals surface area contributed by atoms with E-state index in [2.05, 4.69) is 29.1 Å². The van der Waals surface area contributed by atoms with Crippen molar-refractivity contribution in [2.24, 2.45) is 0 Å². The molecule has 1 atom stereocenters. The van der Waals surface area contributed by atoms with Crippen molar-refractivity contribution in [3.63, 3.8) is 0 Å². The summed E-state index contributed by atoms with van der Waals surface area (Å²) in [5, 5.41) is 3.47. The van der Waals surface area contributed by atoms with Crippen LogP contribution in [0.15, 0.2) is 48.8 Å². The molecule has 0 saturated carbocycles. The van der Waals surface area contributed by atoms with E-state index in [1.807, 2.05) is 47.2 Å². The van der Waals surface area contributed by atoms with E-state index in [4.69, 9.17) is 18.9 Å². The monoisotopic (exact) mass is 545 g/mol. The lowest BCUT2D eigenvalue weighted by atomic mass is 10.1. The van der Waals surface area contributed by atoms with Gasteiger partial charge >= 0.3 is 12.1 Å². The van der Waals surface area contributed by atoms with E-state index in [0.29, 0.717) is 24.8 Å². The largest absolute Gasteiger partial charge is 0.467 e. The summed E-state index contributed by atoms with van der Waals surface area (Å²) in [5.74, 6) is 1.82. The van der Waals surface area contributed by atoms with Gasteiger partial charge in [0.15, 0.2) is 0 Å². The second kappa shape index (κ2) is 12.5. The van der Waals surface area contributed by atoms with Crippen LogP contribution in [0.4, 0.5) is 4.79 Å². The van der Waals surface area contributed by atoms with Crippen LogP contribution in [-0.2, 0) is 32.2 Å². The number of carbonyl (C=O) groups excluding carboxylic acids is 2. The normalized spacial score (nSPS) is 13.1. The Morgan fingerprint density at radius 1 is 1.08 bits per heavy atom. The first-order valence-electron chi connectivity index (χ1n) is 12.4. The van der Waals surface area contributed by atoms with Gasteiger partial charge in [0, 0.05) is 24.6 Å². The third kappa shape index (κ3) is 8.95. The number of hydrogen-bond acceptors (Lipinski definition) is 7. The third-order valence-corrected chi connectivity index (χ3v) is 6.85. The number of methoxy groups -OCH3 is 1. The summed E-state index contributed by atoms with van der Waals surface area (Å²) in [6.45, 7) is 6.42. The average molecular weight is 546 g/mol. The number of pyridine rings is 1. The zero-order chi connectivity index (χ0) is 27.9. The molecule has 3 rings (SSSR count). The lowest BCUT2D eigenvalue weighted by Crippen LogP contribution is -2.45. The van der Waals surface area contributed by atoms with Crippen LogP contribution in [0.2, 0.25) is 0 Å². The molecule has 0 aliphatic rings. The maximum atomic E-state index is 12.2. The SMILES string of the molecule is COC(=O)[C@@H](Cc1ccc(Oc2ccnc3c2ccn3COCCS(C)(C)C)cc1)NC(=O)OC(C)(C)C. The molecule has 0 bridgehead atoms. The minimum Gasteiger partial charge on any atom is -0.467 e. The fourth-order valence-electron chi connectivity index (χ4n) is 3.57. The number of hydrogen-bond donors (Lipinski definition) is 1. The molecule has 0 radical (unpaired) electrons. The van der Waals surface area contributed by atoms with Gasteiger partial charge < -0.3 is 28.8 Å². The van der Waals surface area contributed by atoms with Gasteiger partial charge in [-0.2, -0.15) is 0 Å². The minimum absolute atomic E-state index is 0.241. The number of nitrogens with one attached hydrogen (secondary N) is 1. The maximum absolute atomic E-state index is 12.2. The highest BCUT2D eigenvalue weighted by atomic mass is 32.3. The van der Waals surface area contributed by atoms with Crippen molar-refractivity contribution in [1.29, 1.82) is 0 Å².